The van der Waals surface area contributed by atoms with Gasteiger partial charge in [-0.1, -0.05) is 43.4 Å². The molecular formula is C31H31F2N7O4S2. The van der Waals surface area contributed by atoms with Crippen molar-refractivity contribution in [3.63, 3.8) is 0 Å². The maximum atomic E-state index is 14.6. The molecule has 0 N–H and O–H groups in total. The van der Waals surface area contributed by atoms with Crippen molar-refractivity contribution in [1.82, 2.24) is 28.8 Å². The second kappa shape index (κ2) is 12.2. The molecule has 1 aliphatic carbocycles. The fraction of sp³-hybridized carbons (Fsp3) is 0.387. The van der Waals surface area contributed by atoms with Gasteiger partial charge in [-0.25, -0.2) is 22.2 Å². The third-order valence-corrected chi connectivity index (χ3v) is 11.1. The van der Waals surface area contributed by atoms with Crippen LogP contribution in [0.5, 0.6) is 5.75 Å². The summed E-state index contributed by atoms with van der Waals surface area (Å²) in [6.45, 7) is 4.41. The summed E-state index contributed by atoms with van der Waals surface area (Å²) in [6, 6.07) is 10.7. The van der Waals surface area contributed by atoms with Gasteiger partial charge in [0.15, 0.2) is 10.0 Å². The molecule has 15 heteroatoms. The summed E-state index contributed by atoms with van der Waals surface area (Å²) >= 11 is 0.698. The molecule has 2 aliphatic rings. The zero-order valence-electron chi connectivity index (χ0n) is 25.4. The SMILES string of the molecule is COc1ccc(CN(C2(C#N)CC2)S(=O)(=O)c2cc(C3=CCN(C(=O)C(C)C)CC3)c3ncc(-c4nnc(C(F)F)s4)n3c2)cc1. The van der Waals surface area contributed by atoms with Crippen LogP contribution in [0.2, 0.25) is 0 Å². The maximum absolute atomic E-state index is 14.6. The van der Waals surface area contributed by atoms with Gasteiger partial charge in [0.25, 0.3) is 6.43 Å². The third-order valence-electron chi connectivity index (χ3n) is 8.27. The molecule has 4 aromatic rings. The van der Waals surface area contributed by atoms with Gasteiger partial charge in [0.05, 0.1) is 24.3 Å². The summed E-state index contributed by atoms with van der Waals surface area (Å²) < 4.78 is 64.0. The average Bonchev–Trinajstić information content (AvgIpc) is 3.46. The number of carbonyl (C=O) groups is 1. The number of aromatic nitrogens is 4. The highest BCUT2D eigenvalue weighted by Gasteiger charge is 2.54. The molecule has 0 bridgehead atoms. The normalized spacial score (nSPS) is 16.2. The molecule has 4 heterocycles. The Balaban J connectivity index is 1.49. The zero-order valence-corrected chi connectivity index (χ0v) is 27.0. The molecule has 46 heavy (non-hydrogen) atoms. The molecule has 1 fully saturated rings. The molecule has 6 rings (SSSR count). The Morgan fingerprint density at radius 2 is 1.96 bits per heavy atom. The number of methoxy groups -OCH3 is 1. The fourth-order valence-electron chi connectivity index (χ4n) is 5.53. The van der Waals surface area contributed by atoms with E-state index in [0.717, 1.165) is 5.57 Å². The number of sulfonamides is 1. The smallest absolute Gasteiger partial charge is 0.291 e. The number of nitrogens with zero attached hydrogens (tertiary/aromatic N) is 7. The summed E-state index contributed by atoms with van der Waals surface area (Å²) in [5.41, 5.74) is 1.48. The summed E-state index contributed by atoms with van der Waals surface area (Å²) in [4.78, 5) is 18.8. The van der Waals surface area contributed by atoms with Gasteiger partial charge < -0.3 is 9.64 Å². The Morgan fingerprint density at radius 1 is 1.22 bits per heavy atom. The zero-order chi connectivity index (χ0) is 32.8. The first kappa shape index (κ1) is 31.7. The third kappa shape index (κ3) is 5.76. The molecule has 1 aromatic carbocycles. The molecular weight excluding hydrogens is 637 g/mol. The Bertz CT molecular complexity index is 1980. The van der Waals surface area contributed by atoms with E-state index in [-0.39, 0.29) is 28.3 Å². The number of imidazole rings is 1. The van der Waals surface area contributed by atoms with Gasteiger partial charge in [-0.2, -0.15) is 9.57 Å². The number of ether oxygens (including phenoxy) is 1. The number of pyridine rings is 1. The van der Waals surface area contributed by atoms with E-state index in [0.29, 0.717) is 71.9 Å². The van der Waals surface area contributed by atoms with Crippen LogP contribution < -0.4 is 4.74 Å². The van der Waals surface area contributed by atoms with Gasteiger partial charge in [0, 0.05) is 37.3 Å². The minimum absolute atomic E-state index is 0.0198. The molecule has 0 saturated heterocycles. The van der Waals surface area contributed by atoms with Crippen LogP contribution in [0.15, 0.2) is 53.7 Å². The predicted octanol–water partition coefficient (Wildman–Crippen LogP) is 5.32. The van der Waals surface area contributed by atoms with E-state index >= 15 is 0 Å². The van der Waals surface area contributed by atoms with Gasteiger partial charge in [0.1, 0.15) is 22.6 Å². The topological polar surface area (TPSA) is 134 Å². The predicted molar refractivity (Wildman–Crippen MR) is 166 cm³/mol. The fourth-order valence-corrected chi connectivity index (χ4v) is 8.00. The Kier molecular flexibility index (Phi) is 8.38. The van der Waals surface area contributed by atoms with Crippen LogP contribution in [0.1, 0.15) is 55.7 Å². The lowest BCUT2D eigenvalue weighted by atomic mass is 9.99. The molecule has 0 radical (unpaired) electrons. The van der Waals surface area contributed by atoms with E-state index in [4.69, 9.17) is 4.74 Å². The van der Waals surface area contributed by atoms with Crippen molar-refractivity contribution in [2.24, 2.45) is 5.92 Å². The molecule has 0 spiro atoms. The van der Waals surface area contributed by atoms with Gasteiger partial charge in [0.2, 0.25) is 15.9 Å². The van der Waals surface area contributed by atoms with Crippen molar-refractivity contribution < 1.29 is 26.7 Å². The van der Waals surface area contributed by atoms with Gasteiger partial charge in [-0.15, -0.1) is 10.2 Å². The highest BCUT2D eigenvalue weighted by molar-refractivity contribution is 7.89. The number of alkyl halides is 2. The first-order valence-corrected chi connectivity index (χ1v) is 16.9. The number of hydrogen-bond donors (Lipinski definition) is 0. The van der Waals surface area contributed by atoms with Crippen molar-refractivity contribution in [3.8, 4) is 22.5 Å². The van der Waals surface area contributed by atoms with E-state index in [1.807, 2.05) is 19.9 Å². The van der Waals surface area contributed by atoms with Crippen LogP contribution >= 0.6 is 11.3 Å². The Hall–Kier alpha value is -4.26. The Labute approximate surface area is 268 Å². The maximum Gasteiger partial charge on any atom is 0.291 e. The molecule has 1 aliphatic heterocycles. The minimum Gasteiger partial charge on any atom is -0.497 e. The Morgan fingerprint density at radius 3 is 2.52 bits per heavy atom. The number of hydrogen-bond acceptors (Lipinski definition) is 9. The molecule has 1 amide bonds. The number of nitriles is 1. The van der Waals surface area contributed by atoms with Crippen LogP contribution in [0.3, 0.4) is 0 Å². The van der Waals surface area contributed by atoms with Gasteiger partial charge >= 0.3 is 0 Å². The number of carbonyl (C=O) groups excluding carboxylic acids is 1. The van der Waals surface area contributed by atoms with E-state index in [1.54, 1.807) is 35.2 Å². The second-order valence-corrected chi connectivity index (χ2v) is 14.5. The number of benzene rings is 1. The number of amides is 1. The molecule has 3 aromatic heterocycles. The lowest BCUT2D eigenvalue weighted by Crippen LogP contribution is -2.41. The standard InChI is InChI=1S/C31H31F2N7O4S2/c1-19(2)30(41)38-12-8-21(9-13-38)24-14-23(17-39-25(15-35-27(24)39)28-36-37-29(45-28)26(32)33)46(42,43)40(31(18-34)10-11-31)16-20-4-6-22(44-3)7-5-20/h4-8,14-15,17,19,26H,9-13,16H2,1-3H3. The van der Waals surface area contributed by atoms with Crippen LogP contribution in [0.25, 0.3) is 21.9 Å². The van der Waals surface area contributed by atoms with E-state index < -0.39 is 27.0 Å². The minimum atomic E-state index is -4.31. The van der Waals surface area contributed by atoms with Crippen molar-refractivity contribution in [1.29, 1.82) is 5.26 Å². The van der Waals surface area contributed by atoms with Crippen molar-refractivity contribution in [2.75, 3.05) is 20.2 Å². The first-order valence-electron chi connectivity index (χ1n) is 14.7. The summed E-state index contributed by atoms with van der Waals surface area (Å²) in [6.07, 6.45) is 3.14. The monoisotopic (exact) mass is 667 g/mol. The van der Waals surface area contributed by atoms with Crippen molar-refractivity contribution >= 4 is 38.5 Å². The summed E-state index contributed by atoms with van der Waals surface area (Å²) in [5.74, 6) is 0.469. The van der Waals surface area contributed by atoms with Crippen LogP contribution in [-0.4, -0.2) is 68.9 Å². The average molecular weight is 668 g/mol. The molecule has 0 unspecified atom stereocenters. The lowest BCUT2D eigenvalue weighted by molar-refractivity contribution is -0.134. The van der Waals surface area contributed by atoms with Crippen molar-refractivity contribution in [2.45, 2.75) is 56.5 Å². The highest BCUT2D eigenvalue weighted by atomic mass is 32.2. The lowest BCUT2D eigenvalue weighted by Gasteiger charge is -2.29. The van der Waals surface area contributed by atoms with Crippen LogP contribution in [0.4, 0.5) is 8.78 Å². The van der Waals surface area contributed by atoms with E-state index in [2.05, 4.69) is 21.3 Å². The van der Waals surface area contributed by atoms with E-state index in [1.165, 1.54) is 28.2 Å². The number of fused-ring (bicyclic) bond motifs is 1. The first-order chi connectivity index (χ1) is 22.0. The van der Waals surface area contributed by atoms with Crippen LogP contribution in [0, 0.1) is 17.2 Å². The van der Waals surface area contributed by atoms with Gasteiger partial charge in [-0.3, -0.25) is 9.20 Å². The number of rotatable bonds is 10. The van der Waals surface area contributed by atoms with E-state index in [9.17, 15) is 27.3 Å². The summed E-state index contributed by atoms with van der Waals surface area (Å²) in [7, 11) is -2.77. The second-order valence-electron chi connectivity index (χ2n) is 11.6. The molecule has 1 saturated carbocycles. The quantitative estimate of drug-likeness (QED) is 0.222. The van der Waals surface area contributed by atoms with Crippen molar-refractivity contribution in [3.05, 3.63) is 64.9 Å². The molecule has 11 nitrogen and oxygen atoms in total. The molecule has 240 valence electrons. The largest absolute Gasteiger partial charge is 0.497 e. The van der Waals surface area contributed by atoms with Crippen LogP contribution in [-0.2, 0) is 21.4 Å². The van der Waals surface area contributed by atoms with Gasteiger partial charge in [-0.05, 0) is 48.6 Å². The highest BCUT2D eigenvalue weighted by Crippen LogP contribution is 2.45. The number of halogens is 2. The summed E-state index contributed by atoms with van der Waals surface area (Å²) in [5, 5.41) is 17.4. The molecule has 0 atom stereocenters.